The zero-order chi connectivity index (χ0) is 13.9. The molecule has 1 aromatic heterocycles. The molecule has 0 spiro atoms. The first-order valence-electron chi connectivity index (χ1n) is 6.50. The van der Waals surface area contributed by atoms with Crippen LogP contribution in [0.2, 0.25) is 0 Å². The second-order valence-corrected chi connectivity index (χ2v) is 4.09. The lowest BCUT2D eigenvalue weighted by atomic mass is 10.2. The van der Waals surface area contributed by atoms with E-state index in [1.165, 1.54) is 5.56 Å². The Hall–Kier alpha value is -1.66. The average molecular weight is 265 g/mol. The normalized spacial score (nSPS) is 11.4. The predicted octanol–water partition coefficient (Wildman–Crippen LogP) is 0.726. The van der Waals surface area contributed by atoms with Gasteiger partial charge < -0.3 is 10.1 Å². The van der Waals surface area contributed by atoms with E-state index in [9.17, 15) is 0 Å². The molecule has 0 saturated carbocycles. The molecule has 0 saturated heterocycles. The molecular formula is C13H23N5O. The number of pyridine rings is 1. The summed E-state index contributed by atoms with van der Waals surface area (Å²) < 4.78 is 5.25. The molecule has 6 nitrogen and oxygen atoms in total. The zero-order valence-corrected chi connectivity index (χ0v) is 11.6. The van der Waals surface area contributed by atoms with E-state index in [2.05, 4.69) is 20.7 Å². The average Bonchev–Trinajstić information content (AvgIpc) is 2.43. The van der Waals surface area contributed by atoms with Crippen molar-refractivity contribution in [2.24, 2.45) is 10.8 Å². The quantitative estimate of drug-likeness (QED) is 0.222. The molecule has 0 unspecified atom stereocenters. The highest BCUT2D eigenvalue weighted by molar-refractivity contribution is 5.79. The topological polar surface area (TPSA) is 84.6 Å². The first kappa shape index (κ1) is 15.4. The molecule has 106 valence electrons. The van der Waals surface area contributed by atoms with Crippen LogP contribution in [0.1, 0.15) is 24.5 Å². The number of hydrazine groups is 1. The molecule has 19 heavy (non-hydrogen) atoms. The van der Waals surface area contributed by atoms with Crippen LogP contribution in [0.25, 0.3) is 0 Å². The molecule has 0 aliphatic rings. The van der Waals surface area contributed by atoms with Crippen molar-refractivity contribution in [1.29, 1.82) is 0 Å². The molecule has 6 heteroatoms. The summed E-state index contributed by atoms with van der Waals surface area (Å²) >= 11 is 0. The highest BCUT2D eigenvalue weighted by Crippen LogP contribution is 2.05. The lowest BCUT2D eigenvalue weighted by molar-refractivity contribution is 0.145. The Kier molecular flexibility index (Phi) is 7.53. The predicted molar refractivity (Wildman–Crippen MR) is 76.5 cm³/mol. The number of aliphatic imine (C=N–C) groups is 1. The Labute approximate surface area is 114 Å². The number of nitrogens with zero attached hydrogens (tertiary/aromatic N) is 2. The van der Waals surface area contributed by atoms with E-state index in [-0.39, 0.29) is 0 Å². The fraction of sp³-hybridized carbons (Fsp3) is 0.538. The summed E-state index contributed by atoms with van der Waals surface area (Å²) in [4.78, 5) is 8.47. The number of aryl methyl sites for hydroxylation is 1. The maximum atomic E-state index is 5.43. The summed E-state index contributed by atoms with van der Waals surface area (Å²) in [5.41, 5.74) is 4.82. The van der Waals surface area contributed by atoms with E-state index in [0.717, 1.165) is 31.7 Å². The van der Waals surface area contributed by atoms with Gasteiger partial charge in [-0.2, -0.15) is 0 Å². The Morgan fingerprint density at radius 1 is 1.53 bits per heavy atom. The van der Waals surface area contributed by atoms with Crippen molar-refractivity contribution >= 4 is 5.96 Å². The fourth-order valence-corrected chi connectivity index (χ4v) is 1.50. The van der Waals surface area contributed by atoms with Crippen LogP contribution in [-0.2, 0) is 11.3 Å². The van der Waals surface area contributed by atoms with Gasteiger partial charge in [0.05, 0.1) is 6.54 Å². The van der Waals surface area contributed by atoms with Crippen LogP contribution in [-0.4, -0.2) is 30.7 Å². The van der Waals surface area contributed by atoms with Crippen LogP contribution in [0.4, 0.5) is 0 Å². The number of ether oxygens (including phenoxy) is 1. The molecule has 0 radical (unpaired) electrons. The molecule has 0 aliphatic carbocycles. The molecule has 1 rings (SSSR count). The lowest BCUT2D eigenvalue weighted by Gasteiger charge is -2.09. The van der Waals surface area contributed by atoms with Crippen molar-refractivity contribution in [3.05, 3.63) is 29.6 Å². The van der Waals surface area contributed by atoms with Gasteiger partial charge in [-0.05, 0) is 37.5 Å². The summed E-state index contributed by atoms with van der Waals surface area (Å²) in [6, 6.07) is 1.97. The Bertz CT molecular complexity index is 394. The molecule has 0 bridgehead atoms. The zero-order valence-electron chi connectivity index (χ0n) is 11.6. The van der Waals surface area contributed by atoms with Gasteiger partial charge in [-0.3, -0.25) is 10.4 Å². The van der Waals surface area contributed by atoms with Crippen LogP contribution in [0.3, 0.4) is 0 Å². The fourth-order valence-electron chi connectivity index (χ4n) is 1.50. The minimum atomic E-state index is 0.553. The smallest absolute Gasteiger partial charge is 0.206 e. The lowest BCUT2D eigenvalue weighted by Crippen LogP contribution is -2.42. The van der Waals surface area contributed by atoms with Gasteiger partial charge in [-0.1, -0.05) is 0 Å². The second-order valence-electron chi connectivity index (χ2n) is 4.09. The standard InChI is InChI=1S/C13H23N5O/c1-3-19-8-4-6-16-13(18-14)17-10-12-9-15-7-5-11(12)2/h5,7,9H,3-4,6,8,10,14H2,1-2H3,(H2,16,17,18). The number of nitrogens with one attached hydrogen (secondary N) is 2. The minimum absolute atomic E-state index is 0.553. The van der Waals surface area contributed by atoms with Crippen LogP contribution in [0.15, 0.2) is 23.5 Å². The minimum Gasteiger partial charge on any atom is -0.382 e. The third-order valence-corrected chi connectivity index (χ3v) is 2.65. The van der Waals surface area contributed by atoms with E-state index in [4.69, 9.17) is 10.6 Å². The molecule has 0 amide bonds. The van der Waals surface area contributed by atoms with Gasteiger partial charge in [0, 0.05) is 32.2 Å². The van der Waals surface area contributed by atoms with Gasteiger partial charge in [-0.25, -0.2) is 10.8 Å². The van der Waals surface area contributed by atoms with Crippen molar-refractivity contribution in [3.63, 3.8) is 0 Å². The van der Waals surface area contributed by atoms with Crippen LogP contribution in [0, 0.1) is 6.92 Å². The van der Waals surface area contributed by atoms with Gasteiger partial charge in [-0.15, -0.1) is 0 Å². The maximum absolute atomic E-state index is 5.43. The highest BCUT2D eigenvalue weighted by atomic mass is 16.5. The van der Waals surface area contributed by atoms with E-state index in [1.807, 2.05) is 26.1 Å². The number of guanidine groups is 1. The number of hydrogen-bond donors (Lipinski definition) is 3. The first-order valence-corrected chi connectivity index (χ1v) is 6.50. The number of rotatable bonds is 7. The summed E-state index contributed by atoms with van der Waals surface area (Å²) in [6.45, 7) is 6.84. The van der Waals surface area contributed by atoms with Gasteiger partial charge in [0.15, 0.2) is 0 Å². The van der Waals surface area contributed by atoms with E-state index in [1.54, 1.807) is 6.20 Å². The summed E-state index contributed by atoms with van der Waals surface area (Å²) in [5.74, 6) is 6.01. The molecule has 1 aromatic rings. The molecule has 1 heterocycles. The highest BCUT2D eigenvalue weighted by Gasteiger charge is 1.99. The number of aromatic nitrogens is 1. The third-order valence-electron chi connectivity index (χ3n) is 2.65. The van der Waals surface area contributed by atoms with Crippen molar-refractivity contribution in [3.8, 4) is 0 Å². The summed E-state index contributed by atoms with van der Waals surface area (Å²) in [6.07, 6.45) is 4.51. The number of nitrogens with two attached hydrogens (primary N) is 1. The molecule has 0 aliphatic heterocycles. The first-order chi connectivity index (χ1) is 9.27. The van der Waals surface area contributed by atoms with E-state index >= 15 is 0 Å². The third kappa shape index (κ3) is 6.17. The summed E-state index contributed by atoms with van der Waals surface area (Å²) in [7, 11) is 0. The van der Waals surface area contributed by atoms with E-state index in [0.29, 0.717) is 12.5 Å². The Balaban J connectivity index is 2.37. The molecular weight excluding hydrogens is 242 g/mol. The van der Waals surface area contributed by atoms with Gasteiger partial charge in [0.2, 0.25) is 5.96 Å². The van der Waals surface area contributed by atoms with Crippen molar-refractivity contribution in [2.45, 2.75) is 26.8 Å². The maximum Gasteiger partial charge on any atom is 0.206 e. The SMILES string of the molecule is CCOCCCNC(=NCc1cnccc1C)NN. The largest absolute Gasteiger partial charge is 0.382 e. The monoisotopic (exact) mass is 265 g/mol. The van der Waals surface area contributed by atoms with Crippen molar-refractivity contribution in [1.82, 2.24) is 15.7 Å². The molecule has 0 atom stereocenters. The second kappa shape index (κ2) is 9.29. The van der Waals surface area contributed by atoms with Crippen LogP contribution >= 0.6 is 0 Å². The van der Waals surface area contributed by atoms with Crippen molar-refractivity contribution in [2.75, 3.05) is 19.8 Å². The van der Waals surface area contributed by atoms with Crippen LogP contribution < -0.4 is 16.6 Å². The Morgan fingerprint density at radius 3 is 3.05 bits per heavy atom. The number of hydrogen-bond acceptors (Lipinski definition) is 4. The van der Waals surface area contributed by atoms with Crippen LogP contribution in [0.5, 0.6) is 0 Å². The van der Waals surface area contributed by atoms with Gasteiger partial charge >= 0.3 is 0 Å². The van der Waals surface area contributed by atoms with Gasteiger partial charge in [0.25, 0.3) is 0 Å². The Morgan fingerprint density at radius 2 is 2.37 bits per heavy atom. The van der Waals surface area contributed by atoms with Gasteiger partial charge in [0.1, 0.15) is 0 Å². The molecule has 4 N–H and O–H groups in total. The molecule has 0 aromatic carbocycles. The van der Waals surface area contributed by atoms with Crippen molar-refractivity contribution < 1.29 is 4.74 Å². The molecule has 0 fully saturated rings. The summed E-state index contributed by atoms with van der Waals surface area (Å²) in [5, 5.41) is 3.13. The van der Waals surface area contributed by atoms with E-state index < -0.39 is 0 Å².